The lowest BCUT2D eigenvalue weighted by atomic mass is 10.0. The molecule has 278 valence electrons. The van der Waals surface area contributed by atoms with Crippen LogP contribution in [0.15, 0.2) is 207 Å². The average molecular weight is 819 g/mol. The van der Waals surface area contributed by atoms with E-state index in [0.717, 1.165) is 43.9 Å². The molecule has 0 bridgehead atoms. The maximum atomic E-state index is 4.31. The molecule has 0 N–H and O–H groups in total. The molecule has 6 aromatic heterocycles. The molecule has 0 amide bonds. The summed E-state index contributed by atoms with van der Waals surface area (Å²) in [7, 11) is 0. The number of rotatable bonds is 11. The van der Waals surface area contributed by atoms with E-state index in [0.29, 0.717) is 0 Å². The maximum absolute atomic E-state index is 4.31. The van der Waals surface area contributed by atoms with Gasteiger partial charge in [-0.25, -0.2) is 0 Å². The van der Waals surface area contributed by atoms with Crippen LogP contribution >= 0.6 is 45.3 Å². The normalized spacial score (nSPS) is 11.1. The highest BCUT2D eigenvalue weighted by atomic mass is 32.1. The number of benzene rings is 4. The molecule has 0 fully saturated rings. The lowest BCUT2D eigenvalue weighted by Gasteiger charge is -2.24. The van der Waals surface area contributed by atoms with Crippen LogP contribution in [0, 0.1) is 0 Å². The van der Waals surface area contributed by atoms with Crippen molar-refractivity contribution in [2.24, 2.45) is 0 Å². The number of aromatic nitrogens is 2. The first-order valence-electron chi connectivity index (χ1n) is 18.9. The van der Waals surface area contributed by atoms with Crippen LogP contribution in [0.4, 0.5) is 32.8 Å². The van der Waals surface area contributed by atoms with Crippen molar-refractivity contribution in [2.45, 2.75) is 0 Å². The Labute approximate surface area is 353 Å². The summed E-state index contributed by atoms with van der Waals surface area (Å²) in [5.74, 6) is 0. The van der Waals surface area contributed by atoms with Gasteiger partial charge in [0.2, 0.25) is 0 Å². The zero-order chi connectivity index (χ0) is 38.7. The summed E-state index contributed by atoms with van der Waals surface area (Å²) in [5, 5.41) is 2.30. The molecule has 0 aliphatic carbocycles. The van der Waals surface area contributed by atoms with Crippen LogP contribution in [-0.2, 0) is 0 Å². The van der Waals surface area contributed by atoms with Gasteiger partial charge in [-0.2, -0.15) is 0 Å². The second-order valence-electron chi connectivity index (χ2n) is 13.5. The molecule has 0 saturated carbocycles. The Kier molecular flexibility index (Phi) is 10.0. The SMILES string of the molecule is c1ccc(-c2ccc(-c3ccc(N(c4ccncc4)c4ccc(-c5ccc(N(c6ccncc6)c6ccc(-c7ccc(-c8ccccc8)s7)s6)cc5)cc4)s3)s2)cc1. The number of nitrogens with zero attached hydrogens (tertiary/aromatic N) is 4. The third-order valence-electron chi connectivity index (χ3n) is 9.86. The minimum absolute atomic E-state index is 1.07. The van der Waals surface area contributed by atoms with Gasteiger partial charge in [-0.1, -0.05) is 84.9 Å². The van der Waals surface area contributed by atoms with Crippen LogP contribution < -0.4 is 9.80 Å². The predicted molar refractivity (Wildman–Crippen MR) is 250 cm³/mol. The third kappa shape index (κ3) is 7.42. The number of hydrogen-bond acceptors (Lipinski definition) is 8. The Morgan fingerprint density at radius 2 is 0.586 bits per heavy atom. The van der Waals surface area contributed by atoms with Gasteiger partial charge in [0, 0.05) is 76.8 Å². The van der Waals surface area contributed by atoms with E-state index in [-0.39, 0.29) is 0 Å². The summed E-state index contributed by atoms with van der Waals surface area (Å²) in [4.78, 5) is 20.8. The Hall–Kier alpha value is -6.42. The van der Waals surface area contributed by atoms with E-state index in [9.17, 15) is 0 Å². The van der Waals surface area contributed by atoms with Gasteiger partial charge in [-0.05, 0) is 119 Å². The smallest absolute Gasteiger partial charge is 0.101 e. The lowest BCUT2D eigenvalue weighted by molar-refractivity contribution is 1.26. The highest BCUT2D eigenvalue weighted by molar-refractivity contribution is 7.26. The van der Waals surface area contributed by atoms with Crippen molar-refractivity contribution in [3.63, 3.8) is 0 Å². The van der Waals surface area contributed by atoms with E-state index in [1.807, 2.05) is 47.5 Å². The number of hydrogen-bond donors (Lipinski definition) is 0. The Bertz CT molecular complexity index is 2680. The molecular formula is C50H34N4S4. The maximum Gasteiger partial charge on any atom is 0.101 e. The van der Waals surface area contributed by atoms with Crippen LogP contribution in [0.1, 0.15) is 0 Å². The van der Waals surface area contributed by atoms with Crippen LogP contribution in [0.25, 0.3) is 51.5 Å². The highest BCUT2D eigenvalue weighted by Crippen LogP contribution is 2.46. The van der Waals surface area contributed by atoms with E-state index >= 15 is 0 Å². The van der Waals surface area contributed by atoms with E-state index in [4.69, 9.17) is 0 Å². The summed E-state index contributed by atoms with van der Waals surface area (Å²) < 4.78 is 0. The van der Waals surface area contributed by atoms with Crippen molar-refractivity contribution in [1.82, 2.24) is 9.97 Å². The van der Waals surface area contributed by atoms with Crippen molar-refractivity contribution >= 4 is 78.1 Å². The minimum atomic E-state index is 1.07. The van der Waals surface area contributed by atoms with E-state index in [1.54, 1.807) is 22.7 Å². The Balaban J connectivity index is 0.916. The highest BCUT2D eigenvalue weighted by Gasteiger charge is 2.19. The summed E-state index contributed by atoms with van der Waals surface area (Å²) in [6, 6.07) is 65.0. The number of pyridine rings is 2. The zero-order valence-electron chi connectivity index (χ0n) is 31.1. The van der Waals surface area contributed by atoms with Gasteiger partial charge in [0.25, 0.3) is 0 Å². The van der Waals surface area contributed by atoms with Gasteiger partial charge in [-0.15, -0.1) is 45.3 Å². The van der Waals surface area contributed by atoms with E-state index < -0.39 is 0 Å². The quantitative estimate of drug-likeness (QED) is 0.130. The van der Waals surface area contributed by atoms with E-state index in [1.165, 1.54) is 40.4 Å². The van der Waals surface area contributed by atoms with Gasteiger partial charge < -0.3 is 9.80 Å². The largest absolute Gasteiger partial charge is 0.302 e. The minimum Gasteiger partial charge on any atom is -0.302 e. The second kappa shape index (κ2) is 16.2. The van der Waals surface area contributed by atoms with Crippen molar-refractivity contribution in [1.29, 1.82) is 0 Å². The Morgan fingerprint density at radius 1 is 0.259 bits per heavy atom. The standard InChI is InChI=1S/C50H34N4S4/c1-3-7-37(8-4-1)43-19-21-45(55-43)47-23-25-49(57-47)53(41-27-31-51-32-28-41)39-15-11-35(12-16-39)36-13-17-40(18-14-36)54(42-29-33-52-34-30-42)50-26-24-48(58-50)46-22-20-44(56-46)38-9-5-2-6-10-38/h1-34H. The first kappa shape index (κ1) is 36.0. The summed E-state index contributed by atoms with van der Waals surface area (Å²) in [6.07, 6.45) is 7.42. The molecule has 6 heterocycles. The first-order valence-corrected chi connectivity index (χ1v) is 22.1. The summed E-state index contributed by atoms with van der Waals surface area (Å²) >= 11 is 7.27. The fraction of sp³-hybridized carbons (Fsp3) is 0. The third-order valence-corrected chi connectivity index (χ3v) is 14.7. The van der Waals surface area contributed by atoms with Gasteiger partial charge >= 0.3 is 0 Å². The molecule has 8 heteroatoms. The van der Waals surface area contributed by atoms with Crippen LogP contribution in [0.3, 0.4) is 0 Å². The molecule has 0 unspecified atom stereocenters. The van der Waals surface area contributed by atoms with Crippen LogP contribution in [-0.4, -0.2) is 9.97 Å². The fourth-order valence-corrected chi connectivity index (χ4v) is 11.3. The molecule has 0 aliphatic heterocycles. The van der Waals surface area contributed by atoms with Gasteiger partial charge in [-0.3, -0.25) is 9.97 Å². The molecule has 0 spiro atoms. The molecule has 0 saturated heterocycles. The van der Waals surface area contributed by atoms with Crippen molar-refractivity contribution in [3.8, 4) is 51.5 Å². The molecule has 0 radical (unpaired) electrons. The molecule has 58 heavy (non-hydrogen) atoms. The van der Waals surface area contributed by atoms with Crippen molar-refractivity contribution in [3.05, 3.63) is 207 Å². The molecule has 10 rings (SSSR count). The number of anilines is 6. The molecular weight excluding hydrogens is 785 g/mol. The molecule has 0 aliphatic rings. The molecule has 10 aromatic rings. The molecule has 0 atom stereocenters. The molecule has 4 nitrogen and oxygen atoms in total. The van der Waals surface area contributed by atoms with E-state index in [2.05, 4.69) is 202 Å². The number of thiophene rings is 4. The first-order chi connectivity index (χ1) is 28.7. The van der Waals surface area contributed by atoms with Gasteiger partial charge in [0.05, 0.1) is 0 Å². The van der Waals surface area contributed by atoms with Crippen LogP contribution in [0.2, 0.25) is 0 Å². The lowest BCUT2D eigenvalue weighted by Crippen LogP contribution is -2.08. The topological polar surface area (TPSA) is 32.3 Å². The average Bonchev–Trinajstić information content (AvgIpc) is 4.14. The monoisotopic (exact) mass is 818 g/mol. The molecule has 4 aromatic carbocycles. The van der Waals surface area contributed by atoms with Gasteiger partial charge in [0.1, 0.15) is 10.0 Å². The summed E-state index contributed by atoms with van der Waals surface area (Å²) in [5.41, 5.74) is 9.14. The Morgan fingerprint density at radius 3 is 0.983 bits per heavy atom. The fourth-order valence-electron chi connectivity index (χ4n) is 7.02. The van der Waals surface area contributed by atoms with Crippen molar-refractivity contribution in [2.75, 3.05) is 9.80 Å². The van der Waals surface area contributed by atoms with Gasteiger partial charge in [0.15, 0.2) is 0 Å². The van der Waals surface area contributed by atoms with Crippen molar-refractivity contribution < 1.29 is 0 Å². The zero-order valence-corrected chi connectivity index (χ0v) is 34.3. The second-order valence-corrected chi connectivity index (χ2v) is 17.8. The van der Waals surface area contributed by atoms with Crippen LogP contribution in [0.5, 0.6) is 0 Å². The summed E-state index contributed by atoms with van der Waals surface area (Å²) in [6.45, 7) is 0. The predicted octanol–water partition coefficient (Wildman–Crippen LogP) is 16.0.